The Morgan fingerprint density at radius 3 is 2.42 bits per heavy atom. The van der Waals surface area contributed by atoms with E-state index >= 15 is 0 Å². The van der Waals surface area contributed by atoms with Crippen LogP contribution in [-0.2, 0) is 4.79 Å². The fourth-order valence-corrected chi connectivity index (χ4v) is 3.86. The molecule has 4 aromatic rings. The average Bonchev–Trinajstić information content (AvgIpc) is 3.25. The normalized spacial score (nSPS) is 11.7. The Morgan fingerprint density at radius 2 is 1.70 bits per heavy atom. The van der Waals surface area contributed by atoms with Gasteiger partial charge in [0.1, 0.15) is 5.82 Å². The molecular weight excluding hydrogens is 446 g/mol. The van der Waals surface area contributed by atoms with Gasteiger partial charge in [-0.1, -0.05) is 42.1 Å². The molecule has 3 aromatic carbocycles. The molecule has 0 bridgehead atoms. The summed E-state index contributed by atoms with van der Waals surface area (Å²) < 4.78 is 34.7. The number of thioether (sulfide) groups is 1. The average molecular weight is 467 g/mol. The summed E-state index contributed by atoms with van der Waals surface area (Å²) in [6.45, 7) is 1.76. The zero-order valence-corrected chi connectivity index (χ0v) is 18.4. The van der Waals surface area contributed by atoms with Crippen LogP contribution in [0.5, 0.6) is 5.75 Å². The topological polar surface area (TPSA) is 69.0 Å². The fraction of sp³-hybridized carbons (Fsp3) is 0.125. The van der Waals surface area contributed by atoms with Gasteiger partial charge in [0.25, 0.3) is 0 Å². The zero-order valence-electron chi connectivity index (χ0n) is 17.6. The predicted molar refractivity (Wildman–Crippen MR) is 123 cm³/mol. The van der Waals surface area contributed by atoms with Gasteiger partial charge in [-0.3, -0.25) is 9.36 Å². The quantitative estimate of drug-likeness (QED) is 0.352. The molecule has 4 rings (SSSR count). The van der Waals surface area contributed by atoms with Crippen LogP contribution in [0, 0.1) is 11.6 Å². The molecule has 1 atom stereocenters. The fourth-order valence-electron chi connectivity index (χ4n) is 3.10. The maximum atomic E-state index is 14.1. The number of hydrogen-bond donors (Lipinski definition) is 1. The van der Waals surface area contributed by atoms with Crippen molar-refractivity contribution >= 4 is 23.4 Å². The molecule has 0 aliphatic heterocycles. The van der Waals surface area contributed by atoms with Crippen LogP contribution in [0.3, 0.4) is 0 Å². The van der Waals surface area contributed by atoms with Gasteiger partial charge in [-0.15, -0.1) is 10.2 Å². The van der Waals surface area contributed by atoms with Gasteiger partial charge in [-0.2, -0.15) is 0 Å². The number of para-hydroxylation sites is 2. The lowest BCUT2D eigenvalue weighted by Crippen LogP contribution is -2.15. The van der Waals surface area contributed by atoms with E-state index < -0.39 is 11.9 Å². The van der Waals surface area contributed by atoms with E-state index in [1.54, 1.807) is 29.7 Å². The molecule has 0 radical (unpaired) electrons. The first-order valence-electron chi connectivity index (χ1n) is 10.1. The molecule has 0 spiro atoms. The zero-order chi connectivity index (χ0) is 23.2. The third kappa shape index (κ3) is 5.56. The molecule has 0 aliphatic carbocycles. The second kappa shape index (κ2) is 10.3. The summed E-state index contributed by atoms with van der Waals surface area (Å²) in [5, 5.41) is 11.7. The second-order valence-corrected chi connectivity index (χ2v) is 7.99. The molecule has 1 heterocycles. The number of amides is 1. The monoisotopic (exact) mass is 466 g/mol. The molecule has 1 N–H and O–H groups in total. The van der Waals surface area contributed by atoms with Gasteiger partial charge in [0.15, 0.2) is 28.7 Å². The van der Waals surface area contributed by atoms with Crippen LogP contribution in [0.4, 0.5) is 14.5 Å². The van der Waals surface area contributed by atoms with Gasteiger partial charge in [-0.25, -0.2) is 8.78 Å². The van der Waals surface area contributed by atoms with Gasteiger partial charge < -0.3 is 10.1 Å². The molecule has 1 unspecified atom stereocenters. The number of nitrogens with zero attached hydrogens (tertiary/aromatic N) is 3. The number of aromatic nitrogens is 3. The number of carbonyl (C=O) groups excluding carboxylic acids is 1. The minimum absolute atomic E-state index is 0.0604. The van der Waals surface area contributed by atoms with Crippen LogP contribution in [0.1, 0.15) is 18.9 Å². The Morgan fingerprint density at radius 1 is 1.00 bits per heavy atom. The molecule has 0 aliphatic rings. The van der Waals surface area contributed by atoms with Crippen LogP contribution in [0.25, 0.3) is 5.69 Å². The Hall–Kier alpha value is -3.72. The molecule has 9 heteroatoms. The Balaban J connectivity index is 1.54. The van der Waals surface area contributed by atoms with Crippen LogP contribution in [0.15, 0.2) is 84.0 Å². The minimum atomic E-state index is -0.614. The number of halogens is 2. The van der Waals surface area contributed by atoms with Crippen molar-refractivity contribution in [1.82, 2.24) is 14.8 Å². The van der Waals surface area contributed by atoms with Gasteiger partial charge in [0.2, 0.25) is 5.91 Å². The maximum absolute atomic E-state index is 14.1. The lowest BCUT2D eigenvalue weighted by atomic mass is 10.3. The Labute approximate surface area is 193 Å². The third-order valence-corrected chi connectivity index (χ3v) is 5.57. The minimum Gasteiger partial charge on any atom is -0.480 e. The van der Waals surface area contributed by atoms with Crippen molar-refractivity contribution in [2.75, 3.05) is 11.1 Å². The summed E-state index contributed by atoms with van der Waals surface area (Å²) in [6, 6.07) is 21.1. The van der Waals surface area contributed by atoms with E-state index in [2.05, 4.69) is 15.5 Å². The number of hydrogen-bond acceptors (Lipinski definition) is 5. The molecule has 168 valence electrons. The molecule has 0 saturated carbocycles. The molecule has 0 fully saturated rings. The Kier molecular flexibility index (Phi) is 6.99. The molecule has 0 saturated heterocycles. The van der Waals surface area contributed by atoms with Crippen LogP contribution in [0.2, 0.25) is 0 Å². The predicted octanol–water partition coefficient (Wildman–Crippen LogP) is 5.42. The molecule has 33 heavy (non-hydrogen) atoms. The highest BCUT2D eigenvalue weighted by atomic mass is 32.2. The number of ether oxygens (including phenoxy) is 1. The van der Waals surface area contributed by atoms with Crippen molar-refractivity contribution in [1.29, 1.82) is 0 Å². The first-order chi connectivity index (χ1) is 16.0. The van der Waals surface area contributed by atoms with E-state index in [0.717, 1.165) is 5.69 Å². The van der Waals surface area contributed by atoms with Crippen molar-refractivity contribution in [3.63, 3.8) is 0 Å². The van der Waals surface area contributed by atoms with Gasteiger partial charge >= 0.3 is 0 Å². The van der Waals surface area contributed by atoms with Crippen LogP contribution < -0.4 is 10.1 Å². The summed E-state index contributed by atoms with van der Waals surface area (Å²) in [5.74, 6) is -0.483. The number of nitrogens with one attached hydrogen (secondary N) is 1. The molecule has 1 amide bonds. The van der Waals surface area contributed by atoms with Gasteiger partial charge in [-0.05, 0) is 55.5 Å². The van der Waals surface area contributed by atoms with Crippen LogP contribution in [-0.4, -0.2) is 26.4 Å². The van der Waals surface area contributed by atoms with Gasteiger partial charge in [0.05, 0.1) is 5.75 Å². The standard InChI is InChI=1S/C24H20F2N4O2S/c1-16(32-21-10-6-5-9-20(21)26)23-28-29-24(30(23)19-7-3-2-4-8-19)33-15-22(31)27-18-13-11-17(25)12-14-18/h2-14,16H,15H2,1H3,(H,27,31). The van der Waals surface area contributed by atoms with E-state index in [0.29, 0.717) is 16.7 Å². The van der Waals surface area contributed by atoms with Crippen molar-refractivity contribution in [2.45, 2.75) is 18.2 Å². The summed E-state index contributed by atoms with van der Waals surface area (Å²) in [5.41, 5.74) is 1.28. The number of anilines is 1. The van der Waals surface area contributed by atoms with E-state index in [-0.39, 0.29) is 23.2 Å². The number of rotatable bonds is 8. The second-order valence-electron chi connectivity index (χ2n) is 7.05. The summed E-state index contributed by atoms with van der Waals surface area (Å²) >= 11 is 1.19. The van der Waals surface area contributed by atoms with Crippen molar-refractivity contribution < 1.29 is 18.3 Å². The first-order valence-corrected chi connectivity index (χ1v) is 11.1. The number of benzene rings is 3. The van der Waals surface area contributed by atoms with Crippen molar-refractivity contribution in [3.05, 3.63) is 96.3 Å². The van der Waals surface area contributed by atoms with Gasteiger partial charge in [0, 0.05) is 11.4 Å². The lowest BCUT2D eigenvalue weighted by Gasteiger charge is -2.17. The first kappa shape index (κ1) is 22.5. The molecule has 1 aromatic heterocycles. The Bertz CT molecular complexity index is 1230. The van der Waals surface area contributed by atoms with Crippen LogP contribution >= 0.6 is 11.8 Å². The summed E-state index contributed by atoms with van der Waals surface area (Å²) in [4.78, 5) is 12.4. The smallest absolute Gasteiger partial charge is 0.234 e. The highest BCUT2D eigenvalue weighted by Gasteiger charge is 2.22. The van der Waals surface area contributed by atoms with Crippen molar-refractivity contribution in [3.8, 4) is 11.4 Å². The maximum Gasteiger partial charge on any atom is 0.234 e. The van der Waals surface area contributed by atoms with E-state index in [9.17, 15) is 13.6 Å². The molecular formula is C24H20F2N4O2S. The molecule has 6 nitrogen and oxygen atoms in total. The summed E-state index contributed by atoms with van der Waals surface area (Å²) in [7, 11) is 0. The number of carbonyl (C=O) groups is 1. The largest absolute Gasteiger partial charge is 0.480 e. The summed E-state index contributed by atoms with van der Waals surface area (Å²) in [6.07, 6.45) is -0.614. The highest BCUT2D eigenvalue weighted by Crippen LogP contribution is 2.29. The van der Waals surface area contributed by atoms with E-state index in [1.807, 2.05) is 30.3 Å². The third-order valence-electron chi connectivity index (χ3n) is 4.64. The van der Waals surface area contributed by atoms with Crippen molar-refractivity contribution in [2.24, 2.45) is 0 Å². The van der Waals surface area contributed by atoms with E-state index in [1.165, 1.54) is 42.1 Å². The van der Waals surface area contributed by atoms with E-state index in [4.69, 9.17) is 4.74 Å². The highest BCUT2D eigenvalue weighted by molar-refractivity contribution is 7.99. The SMILES string of the molecule is CC(Oc1ccccc1F)c1nnc(SCC(=O)Nc2ccc(F)cc2)n1-c1ccccc1. The lowest BCUT2D eigenvalue weighted by molar-refractivity contribution is -0.113.